The van der Waals surface area contributed by atoms with Crippen molar-refractivity contribution in [3.05, 3.63) is 41.3 Å². The van der Waals surface area contributed by atoms with Crippen LogP contribution < -0.4 is 5.32 Å². The minimum absolute atomic E-state index is 0.186. The van der Waals surface area contributed by atoms with Crippen LogP contribution in [-0.2, 0) is 11.2 Å². The van der Waals surface area contributed by atoms with Crippen molar-refractivity contribution in [2.75, 3.05) is 38.2 Å². The number of anilines is 2. The zero-order valence-corrected chi connectivity index (χ0v) is 23.4. The highest BCUT2D eigenvalue weighted by Crippen LogP contribution is 2.38. The van der Waals surface area contributed by atoms with E-state index in [4.69, 9.17) is 31.3 Å². The van der Waals surface area contributed by atoms with Crippen molar-refractivity contribution in [2.24, 2.45) is 11.3 Å². The fourth-order valence-electron chi connectivity index (χ4n) is 6.66. The summed E-state index contributed by atoms with van der Waals surface area (Å²) in [6, 6.07) is 8.22. The highest BCUT2D eigenvalue weighted by Gasteiger charge is 2.31. The highest BCUT2D eigenvalue weighted by molar-refractivity contribution is 6.30. The van der Waals surface area contributed by atoms with Crippen LogP contribution in [-0.4, -0.2) is 57.3 Å². The fourth-order valence-corrected chi connectivity index (χ4v) is 6.85. The smallest absolute Gasteiger partial charge is 0.209 e. The van der Waals surface area contributed by atoms with E-state index in [1.807, 2.05) is 30.5 Å². The third-order valence-corrected chi connectivity index (χ3v) is 9.23. The Balaban J connectivity index is 1.26. The zero-order valence-electron chi connectivity index (χ0n) is 22.7. The summed E-state index contributed by atoms with van der Waals surface area (Å²) >= 11 is 6.30. The molecule has 0 amide bonds. The van der Waals surface area contributed by atoms with Crippen LogP contribution in [0.15, 0.2) is 30.5 Å². The van der Waals surface area contributed by atoms with Crippen molar-refractivity contribution in [3.63, 3.8) is 0 Å². The van der Waals surface area contributed by atoms with Gasteiger partial charge in [0.05, 0.1) is 6.20 Å². The summed E-state index contributed by atoms with van der Waals surface area (Å²) < 4.78 is 7.99. The van der Waals surface area contributed by atoms with E-state index in [1.165, 1.54) is 51.7 Å². The Labute approximate surface area is 231 Å². The molecule has 7 nitrogen and oxygen atoms in total. The van der Waals surface area contributed by atoms with E-state index in [0.717, 1.165) is 79.9 Å². The number of hydrogen-bond acceptors (Lipinski definition) is 6. The lowest BCUT2D eigenvalue weighted by Crippen LogP contribution is -2.35. The van der Waals surface area contributed by atoms with Crippen LogP contribution in [0.5, 0.6) is 0 Å². The highest BCUT2D eigenvalue weighted by atomic mass is 35.5. The van der Waals surface area contributed by atoms with Gasteiger partial charge in [0, 0.05) is 42.9 Å². The maximum atomic E-state index is 6.30. The van der Waals surface area contributed by atoms with Gasteiger partial charge in [-0.3, -0.25) is 4.57 Å². The Kier molecular flexibility index (Phi) is 7.87. The minimum Gasteiger partial charge on any atom is -0.381 e. The number of aromatic nitrogens is 4. The first-order valence-electron chi connectivity index (χ1n) is 14.6. The topological polar surface area (TPSA) is 68.1 Å². The number of nitrogens with one attached hydrogen (secondary N) is 1. The fraction of sp³-hybridized carbons (Fsp3) is 0.633. The van der Waals surface area contributed by atoms with Gasteiger partial charge in [-0.25, -0.2) is 15.0 Å². The Hall–Kier alpha value is -2.22. The molecule has 2 aliphatic heterocycles. The van der Waals surface area contributed by atoms with Gasteiger partial charge in [0.1, 0.15) is 11.3 Å². The molecule has 4 heterocycles. The molecule has 1 saturated carbocycles. The van der Waals surface area contributed by atoms with Gasteiger partial charge >= 0.3 is 0 Å². The van der Waals surface area contributed by atoms with Crippen LogP contribution >= 0.6 is 11.6 Å². The van der Waals surface area contributed by atoms with Crippen molar-refractivity contribution >= 4 is 34.4 Å². The first-order valence-corrected chi connectivity index (χ1v) is 15.0. The van der Waals surface area contributed by atoms with Crippen LogP contribution in [0.3, 0.4) is 0 Å². The maximum Gasteiger partial charge on any atom is 0.209 e. The summed E-state index contributed by atoms with van der Waals surface area (Å²) in [7, 11) is 0. The first-order chi connectivity index (χ1) is 18.5. The van der Waals surface area contributed by atoms with E-state index >= 15 is 0 Å². The second kappa shape index (κ2) is 11.5. The number of benzene rings is 1. The van der Waals surface area contributed by atoms with Crippen LogP contribution in [0.25, 0.3) is 11.2 Å². The van der Waals surface area contributed by atoms with Crippen LogP contribution in [0.4, 0.5) is 11.6 Å². The van der Waals surface area contributed by atoms with Gasteiger partial charge in [0.15, 0.2) is 5.65 Å². The van der Waals surface area contributed by atoms with Gasteiger partial charge in [0.2, 0.25) is 5.95 Å². The van der Waals surface area contributed by atoms with Crippen molar-refractivity contribution in [1.29, 1.82) is 0 Å². The molecule has 0 bridgehead atoms. The Bertz CT molecular complexity index is 1220. The molecule has 204 valence electrons. The third-order valence-electron chi connectivity index (χ3n) is 8.99. The maximum absolute atomic E-state index is 6.30. The van der Waals surface area contributed by atoms with Gasteiger partial charge < -0.3 is 15.0 Å². The summed E-state index contributed by atoms with van der Waals surface area (Å²) in [6.07, 6.45) is 13.8. The molecule has 2 aromatic heterocycles. The van der Waals surface area contributed by atoms with E-state index < -0.39 is 0 Å². The molecule has 3 aromatic rings. The lowest BCUT2D eigenvalue weighted by atomic mass is 9.79. The Morgan fingerprint density at radius 3 is 2.61 bits per heavy atom. The second-order valence-corrected chi connectivity index (χ2v) is 12.5. The van der Waals surface area contributed by atoms with Gasteiger partial charge in [-0.1, -0.05) is 31.0 Å². The third kappa shape index (κ3) is 6.00. The predicted octanol–water partition coefficient (Wildman–Crippen LogP) is 6.80. The van der Waals surface area contributed by atoms with Gasteiger partial charge in [-0.05, 0) is 94.0 Å². The Morgan fingerprint density at radius 2 is 1.84 bits per heavy atom. The van der Waals surface area contributed by atoms with E-state index in [2.05, 4.69) is 21.7 Å². The largest absolute Gasteiger partial charge is 0.381 e. The molecule has 1 aromatic carbocycles. The molecule has 3 fully saturated rings. The molecule has 0 spiro atoms. The summed E-state index contributed by atoms with van der Waals surface area (Å²) in [5, 5.41) is 4.27. The number of fused-ring (bicyclic) bond motifs is 1. The molecule has 1 N–H and O–H groups in total. The molecular formula is C30H41ClN6O. The monoisotopic (exact) mass is 536 g/mol. The summed E-state index contributed by atoms with van der Waals surface area (Å²) in [4.78, 5) is 17.6. The number of imidazole rings is 1. The van der Waals surface area contributed by atoms with E-state index in [1.54, 1.807) is 0 Å². The van der Waals surface area contributed by atoms with Crippen LogP contribution in [0.1, 0.15) is 76.6 Å². The lowest BCUT2D eigenvalue weighted by Gasteiger charge is -2.35. The Morgan fingerprint density at radius 1 is 1.05 bits per heavy atom. The number of likely N-dealkylation sites (tertiary alicyclic amines) is 1. The molecule has 0 unspecified atom stereocenters. The van der Waals surface area contributed by atoms with Crippen molar-refractivity contribution in [3.8, 4) is 0 Å². The van der Waals surface area contributed by atoms with Crippen LogP contribution in [0, 0.1) is 11.3 Å². The van der Waals surface area contributed by atoms with E-state index in [0.29, 0.717) is 11.1 Å². The lowest BCUT2D eigenvalue weighted by molar-refractivity contribution is 0.0232. The van der Waals surface area contributed by atoms with Gasteiger partial charge in [-0.15, -0.1) is 0 Å². The average molecular weight is 537 g/mol. The zero-order chi connectivity index (χ0) is 26.0. The standard InChI is InChI=1S/C30H41ClN6O/c1-30(12-16-38-17-13-30)19-27-32-20-26-28(35-27)37(29(34-26)33-24-7-5-6-23(31)18-24)25-10-8-22(9-11-25)21-36-14-3-2-4-15-36/h5-7,18,20,22,25H,2-4,8-17,19,21H2,1H3,(H,33,34). The summed E-state index contributed by atoms with van der Waals surface area (Å²) in [6.45, 7) is 7.82. The molecule has 8 heteroatoms. The molecule has 3 aliphatic rings. The van der Waals surface area contributed by atoms with Crippen molar-refractivity contribution in [1.82, 2.24) is 24.4 Å². The number of ether oxygens (including phenoxy) is 1. The predicted molar refractivity (Wildman–Crippen MR) is 153 cm³/mol. The number of piperidine rings is 1. The van der Waals surface area contributed by atoms with Crippen molar-refractivity contribution in [2.45, 2.75) is 77.2 Å². The number of hydrogen-bond donors (Lipinski definition) is 1. The van der Waals surface area contributed by atoms with E-state index in [9.17, 15) is 0 Å². The molecular weight excluding hydrogens is 496 g/mol. The molecule has 38 heavy (non-hydrogen) atoms. The number of rotatable bonds is 7. The molecule has 0 atom stereocenters. The first kappa shape index (κ1) is 26.0. The summed E-state index contributed by atoms with van der Waals surface area (Å²) in [5.74, 6) is 2.55. The minimum atomic E-state index is 0.186. The number of nitrogens with zero attached hydrogens (tertiary/aromatic N) is 5. The average Bonchev–Trinajstić information content (AvgIpc) is 3.27. The molecule has 6 rings (SSSR count). The van der Waals surface area contributed by atoms with Gasteiger partial charge in [-0.2, -0.15) is 0 Å². The molecule has 1 aliphatic carbocycles. The van der Waals surface area contributed by atoms with Crippen LogP contribution in [0.2, 0.25) is 5.02 Å². The quantitative estimate of drug-likeness (QED) is 0.358. The number of halogens is 1. The van der Waals surface area contributed by atoms with E-state index in [-0.39, 0.29) is 5.41 Å². The SMILES string of the molecule is CC1(Cc2ncc3nc(Nc4cccc(Cl)c4)n(C4CCC(CN5CCCCC5)CC4)c3n2)CCOCC1. The summed E-state index contributed by atoms with van der Waals surface area (Å²) in [5.41, 5.74) is 2.93. The normalized spacial score (nSPS) is 24.5. The van der Waals surface area contributed by atoms with Crippen molar-refractivity contribution < 1.29 is 4.74 Å². The molecule has 0 radical (unpaired) electrons. The second-order valence-electron chi connectivity index (χ2n) is 12.1. The van der Waals surface area contributed by atoms with Gasteiger partial charge in [0.25, 0.3) is 0 Å². The molecule has 2 saturated heterocycles.